The number of nitrogens with two attached hydrogens (primary N) is 1. The van der Waals surface area contributed by atoms with Crippen molar-refractivity contribution < 1.29 is 60.1 Å². The minimum Gasteiger partial charge on any atom is -0.480 e. The molecule has 0 spiro atoms. The van der Waals surface area contributed by atoms with Crippen molar-refractivity contribution in [1.82, 2.24) is 5.32 Å². The third-order valence-corrected chi connectivity index (χ3v) is 4.47. The molecule has 1 aliphatic heterocycles. The smallest absolute Gasteiger partial charge is 0.480 e. The van der Waals surface area contributed by atoms with Crippen molar-refractivity contribution in [2.45, 2.75) is 70.8 Å². The summed E-state index contributed by atoms with van der Waals surface area (Å²) in [6.45, 7) is 6.56. The van der Waals surface area contributed by atoms with Gasteiger partial charge in [0.2, 0.25) is 0 Å². The fourth-order valence-electron chi connectivity index (χ4n) is 3.05. The van der Waals surface area contributed by atoms with Crippen LogP contribution in [0.25, 0.3) is 0 Å². The molecule has 0 unspecified atom stereocenters. The first-order chi connectivity index (χ1) is 16.7. The molecule has 0 aliphatic carbocycles. The van der Waals surface area contributed by atoms with E-state index in [9.17, 15) is 45.8 Å². The van der Waals surface area contributed by atoms with Crippen LogP contribution in [0.15, 0.2) is 18.2 Å². The maximum atomic E-state index is 13.1. The number of aliphatic carboxylic acids is 1. The number of carboxylic acids is 1. The van der Waals surface area contributed by atoms with E-state index in [-0.39, 0.29) is 24.1 Å². The highest BCUT2D eigenvalue weighted by molar-refractivity contribution is 6.05. The number of rotatable bonds is 5. The van der Waals surface area contributed by atoms with Crippen LogP contribution in [0.5, 0.6) is 5.75 Å². The summed E-state index contributed by atoms with van der Waals surface area (Å²) in [5.74, 6) is -4.81. The fraction of sp³-hybridized carbons (Fsp3) is 0.524. The Labute approximate surface area is 206 Å². The summed E-state index contributed by atoms with van der Waals surface area (Å²) >= 11 is 0. The summed E-state index contributed by atoms with van der Waals surface area (Å²) in [5, 5.41) is 11.9. The molecule has 16 heteroatoms. The molecule has 0 aromatic heterocycles. The van der Waals surface area contributed by atoms with E-state index in [1.54, 1.807) is 27.7 Å². The van der Waals surface area contributed by atoms with Crippen molar-refractivity contribution in [3.8, 4) is 5.75 Å². The number of nitrogens with zero attached hydrogens (tertiary/aromatic N) is 1. The van der Waals surface area contributed by atoms with Crippen molar-refractivity contribution in [1.29, 1.82) is 0 Å². The molecule has 0 fully saturated rings. The second-order valence-electron chi connectivity index (χ2n) is 8.57. The van der Waals surface area contributed by atoms with Gasteiger partial charge in [0.05, 0.1) is 0 Å². The normalized spacial score (nSPS) is 16.1. The Morgan fingerprint density at radius 2 is 1.68 bits per heavy atom. The predicted molar refractivity (Wildman–Crippen MR) is 114 cm³/mol. The number of carboxylic acid groups (broad SMARTS) is 1. The summed E-state index contributed by atoms with van der Waals surface area (Å²) in [7, 11) is 0. The number of benzene rings is 1. The van der Waals surface area contributed by atoms with E-state index in [4.69, 9.17) is 9.53 Å². The zero-order chi connectivity index (χ0) is 28.9. The molecule has 0 saturated carbocycles. The number of alkyl halides is 6. The van der Waals surface area contributed by atoms with Crippen LogP contribution in [-0.2, 0) is 25.5 Å². The van der Waals surface area contributed by atoms with Crippen molar-refractivity contribution in [3.05, 3.63) is 23.8 Å². The average Bonchev–Trinajstić information content (AvgIpc) is 3.07. The number of carbonyl (C=O) groups is 4. The molecule has 1 aromatic rings. The number of carbonyl (C=O) groups excluding carboxylic acids is 3. The van der Waals surface area contributed by atoms with Gasteiger partial charge in [0.15, 0.2) is 0 Å². The molecular formula is C21H25F6N3O7. The van der Waals surface area contributed by atoms with Gasteiger partial charge in [-0.1, -0.05) is 6.92 Å². The van der Waals surface area contributed by atoms with E-state index in [1.165, 1.54) is 6.07 Å². The van der Waals surface area contributed by atoms with Gasteiger partial charge in [-0.15, -0.1) is 13.2 Å². The minimum absolute atomic E-state index is 0.144. The Kier molecular flexibility index (Phi) is 9.78. The standard InChI is InChI=1S/C19H23F3N2O6.C2H2F3NO/c1-5-12(23-17(28)30-18(2,3)4)15(25)24-13-7-6-11(29-19(20,21)22)8-10(13)9-14(24)16(26)27;3-2(4,5)1(6)7/h6-8,12,14H,5,9H2,1-4H3,(H,23,28)(H,26,27);(H2,6,7)/t12-,14-;/m0./s1. The minimum atomic E-state index is -4.90. The molecule has 10 nitrogen and oxygen atoms in total. The van der Waals surface area contributed by atoms with Crippen LogP contribution in [0, 0.1) is 0 Å². The molecule has 0 bridgehead atoms. The Morgan fingerprint density at radius 1 is 1.14 bits per heavy atom. The molecule has 1 aromatic carbocycles. The molecule has 1 heterocycles. The van der Waals surface area contributed by atoms with Gasteiger partial charge in [-0.2, -0.15) is 13.2 Å². The third kappa shape index (κ3) is 9.69. The van der Waals surface area contributed by atoms with E-state index in [0.717, 1.165) is 17.0 Å². The van der Waals surface area contributed by atoms with Gasteiger partial charge in [0, 0.05) is 12.1 Å². The van der Waals surface area contributed by atoms with Crippen molar-refractivity contribution in [2.75, 3.05) is 4.90 Å². The lowest BCUT2D eigenvalue weighted by Crippen LogP contribution is -2.53. The van der Waals surface area contributed by atoms with E-state index in [1.807, 2.05) is 0 Å². The highest BCUT2D eigenvalue weighted by Crippen LogP contribution is 2.37. The fourth-order valence-corrected chi connectivity index (χ4v) is 3.05. The maximum absolute atomic E-state index is 13.1. The summed E-state index contributed by atoms with van der Waals surface area (Å²) in [6, 6.07) is 0.826. The number of alkyl carbamates (subject to hydrolysis) is 1. The number of nitrogens with one attached hydrogen (secondary N) is 1. The summed E-state index contributed by atoms with van der Waals surface area (Å²) < 4.78 is 78.5. The number of halogens is 6. The number of hydrogen-bond acceptors (Lipinski definition) is 6. The second-order valence-corrected chi connectivity index (χ2v) is 8.57. The van der Waals surface area contributed by atoms with Crippen LogP contribution in [-0.4, -0.2) is 59.2 Å². The highest BCUT2D eigenvalue weighted by atomic mass is 19.4. The molecule has 208 valence electrons. The SMILES string of the molecule is CC[C@H](NC(=O)OC(C)(C)C)C(=O)N1c2ccc(OC(F)(F)F)cc2C[C@H]1C(=O)O.NC(=O)C(F)(F)F. The van der Waals surface area contributed by atoms with Gasteiger partial charge in [0.25, 0.3) is 5.91 Å². The first kappa shape index (κ1) is 31.3. The Hall–Kier alpha value is -3.72. The second kappa shape index (κ2) is 11.6. The highest BCUT2D eigenvalue weighted by Gasteiger charge is 2.42. The molecule has 0 saturated heterocycles. The molecule has 4 N–H and O–H groups in total. The van der Waals surface area contributed by atoms with Gasteiger partial charge < -0.3 is 25.6 Å². The van der Waals surface area contributed by atoms with Gasteiger partial charge in [-0.25, -0.2) is 9.59 Å². The van der Waals surface area contributed by atoms with Gasteiger partial charge >= 0.3 is 30.5 Å². The lowest BCUT2D eigenvalue weighted by molar-refractivity contribution is -0.274. The lowest BCUT2D eigenvalue weighted by atomic mass is 10.1. The van der Waals surface area contributed by atoms with E-state index >= 15 is 0 Å². The number of anilines is 1. The molecule has 0 radical (unpaired) electrons. The Balaban J connectivity index is 0.000000856. The number of hydrogen-bond donors (Lipinski definition) is 3. The summed E-state index contributed by atoms with van der Waals surface area (Å²) in [6.07, 6.45) is -10.7. The number of primary amides is 1. The lowest BCUT2D eigenvalue weighted by Gasteiger charge is -2.28. The maximum Gasteiger partial charge on any atom is 0.573 e. The molecule has 3 amide bonds. The van der Waals surface area contributed by atoms with E-state index in [2.05, 4.69) is 15.8 Å². The quantitative estimate of drug-likeness (QED) is 0.481. The van der Waals surface area contributed by atoms with Crippen molar-refractivity contribution in [3.63, 3.8) is 0 Å². The largest absolute Gasteiger partial charge is 0.573 e. The van der Waals surface area contributed by atoms with Crippen LogP contribution in [0.4, 0.5) is 36.8 Å². The zero-order valence-corrected chi connectivity index (χ0v) is 20.0. The summed E-state index contributed by atoms with van der Waals surface area (Å²) in [5.41, 5.74) is 3.36. The number of amides is 3. The van der Waals surface area contributed by atoms with Crippen LogP contribution >= 0.6 is 0 Å². The van der Waals surface area contributed by atoms with Crippen LogP contribution < -0.4 is 20.7 Å². The molecule has 37 heavy (non-hydrogen) atoms. The molecule has 2 rings (SSSR count). The van der Waals surface area contributed by atoms with Crippen LogP contribution in [0.1, 0.15) is 39.7 Å². The first-order valence-corrected chi connectivity index (χ1v) is 10.5. The molecular weight excluding hydrogens is 520 g/mol. The number of ether oxygens (including phenoxy) is 2. The van der Waals surface area contributed by atoms with Gasteiger partial charge in [-0.3, -0.25) is 14.5 Å². The van der Waals surface area contributed by atoms with Crippen molar-refractivity contribution >= 4 is 29.6 Å². The zero-order valence-electron chi connectivity index (χ0n) is 20.0. The Morgan fingerprint density at radius 3 is 2.08 bits per heavy atom. The van der Waals surface area contributed by atoms with Gasteiger partial charge in [0.1, 0.15) is 23.4 Å². The van der Waals surface area contributed by atoms with Crippen LogP contribution in [0.3, 0.4) is 0 Å². The van der Waals surface area contributed by atoms with E-state index in [0.29, 0.717) is 0 Å². The number of fused-ring (bicyclic) bond motifs is 1. The van der Waals surface area contributed by atoms with Crippen LogP contribution in [0.2, 0.25) is 0 Å². The van der Waals surface area contributed by atoms with E-state index < -0.39 is 59.8 Å². The summed E-state index contributed by atoms with van der Waals surface area (Å²) in [4.78, 5) is 46.9. The average molecular weight is 545 g/mol. The molecule has 1 aliphatic rings. The predicted octanol–water partition coefficient (Wildman–Crippen LogP) is 3.26. The van der Waals surface area contributed by atoms with Crippen molar-refractivity contribution in [2.24, 2.45) is 5.73 Å². The molecule has 2 atom stereocenters. The monoisotopic (exact) mass is 545 g/mol. The van der Waals surface area contributed by atoms with Gasteiger partial charge in [-0.05, 0) is 51.0 Å². The topological polar surface area (TPSA) is 148 Å². The third-order valence-electron chi connectivity index (χ3n) is 4.47. The Bertz CT molecular complexity index is 1020. The first-order valence-electron chi connectivity index (χ1n) is 10.5.